The zero-order chi connectivity index (χ0) is 12.3. The molecule has 1 fully saturated rings. The van der Waals surface area contributed by atoms with Gasteiger partial charge in [0, 0.05) is 25.0 Å². The van der Waals surface area contributed by atoms with Crippen molar-refractivity contribution >= 4 is 5.82 Å². The number of allylic oxidation sites excluding steroid dienone is 1. The predicted molar refractivity (Wildman–Crippen MR) is 67.2 cm³/mol. The summed E-state index contributed by atoms with van der Waals surface area (Å²) in [4.78, 5) is 6.08. The molecule has 0 saturated carbocycles. The highest BCUT2D eigenvalue weighted by atomic mass is 19.1. The number of halogens is 1. The normalized spacial score (nSPS) is 19.6. The molecule has 1 unspecified atom stereocenters. The fourth-order valence-electron chi connectivity index (χ4n) is 2.04. The minimum atomic E-state index is -0.690. The molecule has 1 aromatic rings. The van der Waals surface area contributed by atoms with E-state index in [0.717, 1.165) is 30.6 Å². The number of aromatic nitrogens is 1. The first-order valence-corrected chi connectivity index (χ1v) is 5.92. The summed E-state index contributed by atoms with van der Waals surface area (Å²) in [5, 5.41) is 0. The van der Waals surface area contributed by atoms with Crippen LogP contribution in [-0.4, -0.2) is 29.1 Å². The molecule has 1 aliphatic rings. The van der Waals surface area contributed by atoms with E-state index in [4.69, 9.17) is 5.73 Å². The van der Waals surface area contributed by atoms with Crippen LogP contribution in [0.5, 0.6) is 0 Å². The zero-order valence-corrected chi connectivity index (χ0v) is 9.90. The van der Waals surface area contributed by atoms with Gasteiger partial charge in [-0.3, -0.25) is 0 Å². The third-order valence-electron chi connectivity index (χ3n) is 3.13. The van der Waals surface area contributed by atoms with Crippen molar-refractivity contribution in [2.75, 3.05) is 18.8 Å². The van der Waals surface area contributed by atoms with E-state index in [2.05, 4.69) is 11.6 Å². The van der Waals surface area contributed by atoms with Gasteiger partial charge in [0.05, 0.1) is 0 Å². The number of likely N-dealkylation sites (tertiary alicyclic amines) is 1. The molecule has 0 bridgehead atoms. The number of aryl methyl sites for hydroxylation is 1. The highest BCUT2D eigenvalue weighted by molar-refractivity contribution is 5.29. The summed E-state index contributed by atoms with van der Waals surface area (Å²) in [7, 11) is 0. The summed E-state index contributed by atoms with van der Waals surface area (Å²) in [5.74, 6) is 0.535. The molecular formula is C13H18FN3. The molecule has 1 aliphatic heterocycles. The van der Waals surface area contributed by atoms with Crippen molar-refractivity contribution in [1.29, 1.82) is 0 Å². The van der Waals surface area contributed by atoms with Crippen LogP contribution >= 0.6 is 0 Å². The van der Waals surface area contributed by atoms with E-state index in [1.165, 1.54) is 0 Å². The van der Waals surface area contributed by atoms with E-state index < -0.39 is 6.17 Å². The second-order valence-electron chi connectivity index (χ2n) is 4.49. The van der Waals surface area contributed by atoms with E-state index in [1.54, 1.807) is 12.3 Å². The quantitative estimate of drug-likeness (QED) is 0.869. The Morgan fingerprint density at radius 3 is 3.00 bits per heavy atom. The Balaban J connectivity index is 1.82. The minimum Gasteiger partial charge on any atom is -0.384 e. The van der Waals surface area contributed by atoms with E-state index >= 15 is 0 Å². The zero-order valence-electron chi connectivity index (χ0n) is 9.90. The lowest BCUT2D eigenvalue weighted by atomic mass is 10.1. The van der Waals surface area contributed by atoms with Gasteiger partial charge in [0.1, 0.15) is 12.0 Å². The topological polar surface area (TPSA) is 42.1 Å². The van der Waals surface area contributed by atoms with Gasteiger partial charge >= 0.3 is 0 Å². The monoisotopic (exact) mass is 235 g/mol. The van der Waals surface area contributed by atoms with Crippen LogP contribution in [0.3, 0.4) is 0 Å². The average molecular weight is 235 g/mol. The number of pyridine rings is 1. The maximum atomic E-state index is 13.0. The van der Waals surface area contributed by atoms with Gasteiger partial charge < -0.3 is 10.6 Å². The maximum Gasteiger partial charge on any atom is 0.123 e. The molecular weight excluding hydrogens is 217 g/mol. The van der Waals surface area contributed by atoms with Gasteiger partial charge in [-0.2, -0.15) is 0 Å². The molecule has 0 aromatic carbocycles. The van der Waals surface area contributed by atoms with Gasteiger partial charge in [-0.05, 0) is 30.9 Å². The molecule has 2 N–H and O–H groups in total. The van der Waals surface area contributed by atoms with Crippen LogP contribution in [0.15, 0.2) is 30.6 Å². The Hall–Kier alpha value is -1.58. The lowest BCUT2D eigenvalue weighted by Crippen LogP contribution is -2.20. The predicted octanol–water partition coefficient (Wildman–Crippen LogP) is 2.15. The Morgan fingerprint density at radius 2 is 2.41 bits per heavy atom. The number of anilines is 1. The van der Waals surface area contributed by atoms with Crippen molar-refractivity contribution in [3.05, 3.63) is 36.2 Å². The number of alkyl halides is 1. The lowest BCUT2D eigenvalue weighted by molar-refractivity contribution is 0.320. The van der Waals surface area contributed by atoms with E-state index in [-0.39, 0.29) is 0 Å². The van der Waals surface area contributed by atoms with Gasteiger partial charge in [0.25, 0.3) is 0 Å². The summed E-state index contributed by atoms with van der Waals surface area (Å²) in [6, 6.07) is 3.77. The van der Waals surface area contributed by atoms with Gasteiger partial charge in [0.15, 0.2) is 0 Å². The number of nitrogens with zero attached hydrogens (tertiary/aromatic N) is 2. The van der Waals surface area contributed by atoms with Crippen LogP contribution < -0.4 is 5.73 Å². The van der Waals surface area contributed by atoms with Crippen LogP contribution in [0, 0.1) is 0 Å². The Kier molecular flexibility index (Phi) is 3.61. The van der Waals surface area contributed by atoms with Crippen molar-refractivity contribution in [2.45, 2.75) is 25.4 Å². The van der Waals surface area contributed by atoms with E-state index in [1.807, 2.05) is 11.0 Å². The SMILES string of the molecule is C=C(CCc1ccc(N)nc1)N1CCC(F)C1. The number of hydrogen-bond donors (Lipinski definition) is 1. The molecule has 0 aliphatic carbocycles. The number of rotatable bonds is 4. The van der Waals surface area contributed by atoms with Gasteiger partial charge in [-0.25, -0.2) is 9.37 Å². The summed E-state index contributed by atoms with van der Waals surface area (Å²) in [5.41, 5.74) is 7.67. The van der Waals surface area contributed by atoms with Crippen molar-refractivity contribution in [1.82, 2.24) is 9.88 Å². The minimum absolute atomic E-state index is 0.499. The van der Waals surface area contributed by atoms with Crippen molar-refractivity contribution < 1.29 is 4.39 Å². The third kappa shape index (κ3) is 3.19. The molecule has 0 amide bonds. The molecule has 1 aromatic heterocycles. The molecule has 0 spiro atoms. The van der Waals surface area contributed by atoms with Gasteiger partial charge in [-0.1, -0.05) is 12.6 Å². The van der Waals surface area contributed by atoms with Crippen molar-refractivity contribution in [2.24, 2.45) is 0 Å². The first-order chi connectivity index (χ1) is 8.15. The lowest BCUT2D eigenvalue weighted by Gasteiger charge is -2.20. The second-order valence-corrected chi connectivity index (χ2v) is 4.49. The fourth-order valence-corrected chi connectivity index (χ4v) is 2.04. The standard InChI is InChI=1S/C13H18FN3/c1-10(17-7-6-12(14)9-17)2-3-11-4-5-13(15)16-8-11/h4-5,8,12H,1-3,6-7,9H2,(H2,15,16). The van der Waals surface area contributed by atoms with E-state index in [9.17, 15) is 4.39 Å². The fraction of sp³-hybridized carbons (Fsp3) is 0.462. The summed E-state index contributed by atoms with van der Waals surface area (Å²) in [6.07, 6.45) is 3.44. The molecule has 1 atom stereocenters. The van der Waals surface area contributed by atoms with E-state index in [0.29, 0.717) is 18.8 Å². The van der Waals surface area contributed by atoms with Crippen molar-refractivity contribution in [3.8, 4) is 0 Å². The van der Waals surface area contributed by atoms with Gasteiger partial charge in [0.2, 0.25) is 0 Å². The second kappa shape index (κ2) is 5.17. The highest BCUT2D eigenvalue weighted by Crippen LogP contribution is 2.19. The molecule has 17 heavy (non-hydrogen) atoms. The molecule has 4 heteroatoms. The summed E-state index contributed by atoms with van der Waals surface area (Å²) >= 11 is 0. The largest absolute Gasteiger partial charge is 0.384 e. The average Bonchev–Trinajstić information content (AvgIpc) is 2.75. The van der Waals surface area contributed by atoms with Crippen LogP contribution in [0.4, 0.5) is 10.2 Å². The van der Waals surface area contributed by atoms with Crippen LogP contribution in [0.25, 0.3) is 0 Å². The molecule has 3 nitrogen and oxygen atoms in total. The van der Waals surface area contributed by atoms with Crippen molar-refractivity contribution in [3.63, 3.8) is 0 Å². The molecule has 2 heterocycles. The molecule has 1 saturated heterocycles. The number of hydrogen-bond acceptors (Lipinski definition) is 3. The maximum absolute atomic E-state index is 13.0. The summed E-state index contributed by atoms with van der Waals surface area (Å²) in [6.45, 7) is 5.31. The van der Waals surface area contributed by atoms with Gasteiger partial charge in [-0.15, -0.1) is 0 Å². The Morgan fingerprint density at radius 1 is 1.59 bits per heavy atom. The Bertz CT molecular complexity index is 388. The molecule has 0 radical (unpaired) electrons. The molecule has 2 rings (SSSR count). The first kappa shape index (κ1) is 11.9. The van der Waals surface area contributed by atoms with Crippen LogP contribution in [0.2, 0.25) is 0 Å². The highest BCUT2D eigenvalue weighted by Gasteiger charge is 2.22. The third-order valence-corrected chi connectivity index (χ3v) is 3.13. The van der Waals surface area contributed by atoms with Crippen LogP contribution in [0.1, 0.15) is 18.4 Å². The van der Waals surface area contributed by atoms with Crippen LogP contribution in [-0.2, 0) is 6.42 Å². The number of nitrogens with two attached hydrogens (primary N) is 1. The molecule has 92 valence electrons. The number of nitrogen functional groups attached to an aromatic ring is 1. The Labute approximate surface area is 101 Å². The summed E-state index contributed by atoms with van der Waals surface area (Å²) < 4.78 is 13.0. The first-order valence-electron chi connectivity index (χ1n) is 5.92. The smallest absolute Gasteiger partial charge is 0.123 e.